The molecule has 1 aliphatic heterocycles. The molecule has 0 spiro atoms. The van der Waals surface area contributed by atoms with Crippen LogP contribution in [0.15, 0.2) is 60.9 Å². The van der Waals surface area contributed by atoms with Crippen LogP contribution in [0, 0.1) is 11.6 Å². The Hall–Kier alpha value is -3.72. The van der Waals surface area contributed by atoms with Crippen molar-refractivity contribution in [1.29, 1.82) is 0 Å². The van der Waals surface area contributed by atoms with E-state index in [0.29, 0.717) is 11.5 Å². The number of methoxy groups -OCH3 is 2. The van der Waals surface area contributed by atoms with Crippen molar-refractivity contribution in [2.45, 2.75) is 49.7 Å². The van der Waals surface area contributed by atoms with Gasteiger partial charge in [0.25, 0.3) is 0 Å². The van der Waals surface area contributed by atoms with Gasteiger partial charge < -0.3 is 20.1 Å². The van der Waals surface area contributed by atoms with Crippen molar-refractivity contribution < 1.29 is 23.0 Å². The molecule has 1 aliphatic carbocycles. The van der Waals surface area contributed by atoms with Gasteiger partial charge in [-0.3, -0.25) is 9.88 Å². The van der Waals surface area contributed by atoms with Crippen LogP contribution in [0.4, 0.5) is 19.3 Å². The molecule has 0 radical (unpaired) electrons. The highest BCUT2D eigenvalue weighted by Crippen LogP contribution is 2.50. The van der Waals surface area contributed by atoms with E-state index in [1.54, 1.807) is 20.4 Å². The standard InChI is InChI=1S/C29H32F2N4O3/c1-37-25-8-5-20(14-26(25)38-2)29-10-9-22(34-28(36)33-21-6-7-23(30)24(31)15-21)16-27(29)35(13-11-29)18-19-4-3-12-32-17-19/h3-8,12,14-15,17,22,27H,9-11,13,16,18H2,1-2H3,(H2,33,34,36)/t22-,27+,29-/m0/s1. The number of pyridine rings is 1. The van der Waals surface area contributed by atoms with Crippen LogP contribution in [0.5, 0.6) is 11.5 Å². The summed E-state index contributed by atoms with van der Waals surface area (Å²) >= 11 is 0. The summed E-state index contributed by atoms with van der Waals surface area (Å²) < 4.78 is 37.9. The third-order valence-electron chi connectivity index (χ3n) is 7.95. The summed E-state index contributed by atoms with van der Waals surface area (Å²) in [7, 11) is 3.28. The summed E-state index contributed by atoms with van der Waals surface area (Å²) in [4.78, 5) is 19.5. The number of urea groups is 1. The highest BCUT2D eigenvalue weighted by Gasteiger charge is 2.51. The van der Waals surface area contributed by atoms with Crippen LogP contribution in [0.1, 0.15) is 36.8 Å². The fraction of sp³-hybridized carbons (Fsp3) is 0.379. The van der Waals surface area contributed by atoms with Crippen LogP contribution in [-0.4, -0.2) is 48.8 Å². The molecule has 1 saturated heterocycles. The molecule has 0 bridgehead atoms. The van der Waals surface area contributed by atoms with Crippen molar-refractivity contribution in [1.82, 2.24) is 15.2 Å². The number of halogens is 2. The Morgan fingerprint density at radius 3 is 2.66 bits per heavy atom. The fourth-order valence-electron chi connectivity index (χ4n) is 6.10. The van der Waals surface area contributed by atoms with Gasteiger partial charge in [-0.25, -0.2) is 13.6 Å². The molecular formula is C29H32F2N4O3. The normalized spacial score (nSPS) is 22.9. The summed E-state index contributed by atoms with van der Waals surface area (Å²) in [6.45, 7) is 1.68. The first-order chi connectivity index (χ1) is 18.4. The third-order valence-corrected chi connectivity index (χ3v) is 7.95. The van der Waals surface area contributed by atoms with Gasteiger partial charge >= 0.3 is 6.03 Å². The first-order valence-electron chi connectivity index (χ1n) is 12.8. The lowest BCUT2D eigenvalue weighted by atomic mass is 9.65. The maximum absolute atomic E-state index is 13.6. The molecule has 2 aliphatic rings. The minimum Gasteiger partial charge on any atom is -0.493 e. The van der Waals surface area contributed by atoms with Crippen LogP contribution >= 0.6 is 0 Å². The number of nitrogens with one attached hydrogen (secondary N) is 2. The highest BCUT2D eigenvalue weighted by atomic mass is 19.2. The van der Waals surface area contributed by atoms with E-state index in [1.807, 2.05) is 18.3 Å². The molecule has 2 amide bonds. The summed E-state index contributed by atoms with van der Waals surface area (Å²) in [6, 6.07) is 13.2. The average molecular weight is 523 g/mol. The Labute approximate surface area is 221 Å². The van der Waals surface area contributed by atoms with Crippen molar-refractivity contribution in [3.8, 4) is 11.5 Å². The fourth-order valence-corrected chi connectivity index (χ4v) is 6.10. The predicted molar refractivity (Wildman–Crippen MR) is 140 cm³/mol. The SMILES string of the molecule is COc1ccc([C@@]23CC[C@H](NC(=O)Nc4ccc(F)c(F)c4)C[C@H]2N(Cc2cccnc2)CC3)cc1OC. The molecule has 200 valence electrons. The van der Waals surface area contributed by atoms with E-state index in [1.165, 1.54) is 11.6 Å². The van der Waals surface area contributed by atoms with Gasteiger partial charge in [0, 0.05) is 48.2 Å². The van der Waals surface area contributed by atoms with Gasteiger partial charge in [0.15, 0.2) is 23.1 Å². The number of ether oxygens (including phenoxy) is 2. The summed E-state index contributed by atoms with van der Waals surface area (Å²) in [5, 5.41) is 5.69. The molecule has 9 heteroatoms. The molecule has 2 heterocycles. The molecule has 2 fully saturated rings. The molecule has 0 unspecified atom stereocenters. The van der Waals surface area contributed by atoms with Crippen LogP contribution in [0.2, 0.25) is 0 Å². The number of likely N-dealkylation sites (tertiary alicyclic amines) is 1. The molecule has 1 saturated carbocycles. The number of carbonyl (C=O) groups is 1. The number of aromatic nitrogens is 1. The average Bonchev–Trinajstić information content (AvgIpc) is 3.29. The minimum absolute atomic E-state index is 0.0759. The largest absolute Gasteiger partial charge is 0.493 e. The Morgan fingerprint density at radius 1 is 1.08 bits per heavy atom. The van der Waals surface area contributed by atoms with Gasteiger partial charge in [-0.05, 0) is 73.7 Å². The summed E-state index contributed by atoms with van der Waals surface area (Å²) in [5.74, 6) is -0.560. The van der Waals surface area contributed by atoms with E-state index >= 15 is 0 Å². The Balaban J connectivity index is 1.37. The molecule has 7 nitrogen and oxygen atoms in total. The number of nitrogens with zero attached hydrogens (tertiary/aromatic N) is 2. The zero-order chi connectivity index (χ0) is 26.7. The smallest absolute Gasteiger partial charge is 0.319 e. The first kappa shape index (κ1) is 25.9. The van der Waals surface area contributed by atoms with Gasteiger partial charge in [0.2, 0.25) is 0 Å². The predicted octanol–water partition coefficient (Wildman–Crippen LogP) is 5.26. The number of fused-ring (bicyclic) bond motifs is 1. The van der Waals surface area contributed by atoms with E-state index in [-0.39, 0.29) is 23.2 Å². The molecule has 1 aromatic heterocycles. The zero-order valence-electron chi connectivity index (χ0n) is 21.5. The monoisotopic (exact) mass is 522 g/mol. The molecule has 3 atom stereocenters. The van der Waals surface area contributed by atoms with Crippen molar-refractivity contribution >= 4 is 11.7 Å². The van der Waals surface area contributed by atoms with Crippen molar-refractivity contribution in [3.63, 3.8) is 0 Å². The molecular weight excluding hydrogens is 490 g/mol. The van der Waals surface area contributed by atoms with E-state index in [2.05, 4.69) is 38.7 Å². The topological polar surface area (TPSA) is 75.7 Å². The van der Waals surface area contributed by atoms with Crippen molar-refractivity contribution in [3.05, 3.63) is 83.7 Å². The molecule has 38 heavy (non-hydrogen) atoms. The van der Waals surface area contributed by atoms with Gasteiger partial charge in [-0.1, -0.05) is 12.1 Å². The van der Waals surface area contributed by atoms with Crippen molar-refractivity contribution in [2.75, 3.05) is 26.1 Å². The second-order valence-electron chi connectivity index (χ2n) is 10.0. The number of hydrogen-bond acceptors (Lipinski definition) is 5. The molecule has 5 rings (SSSR count). The maximum Gasteiger partial charge on any atom is 0.319 e. The van der Waals surface area contributed by atoms with Gasteiger partial charge in [0.05, 0.1) is 14.2 Å². The lowest BCUT2D eigenvalue weighted by molar-refractivity contribution is 0.131. The Morgan fingerprint density at radius 2 is 1.92 bits per heavy atom. The van der Waals surface area contributed by atoms with Gasteiger partial charge in [-0.2, -0.15) is 0 Å². The van der Waals surface area contributed by atoms with Crippen molar-refractivity contribution in [2.24, 2.45) is 0 Å². The van der Waals surface area contributed by atoms with E-state index in [4.69, 9.17) is 9.47 Å². The molecule has 2 aromatic carbocycles. The Kier molecular flexibility index (Phi) is 7.46. The molecule has 3 aromatic rings. The minimum atomic E-state index is -1.00. The second kappa shape index (κ2) is 10.9. The number of benzene rings is 2. The second-order valence-corrected chi connectivity index (χ2v) is 10.0. The third kappa shape index (κ3) is 5.15. The first-order valence-corrected chi connectivity index (χ1v) is 12.8. The van der Waals surface area contributed by atoms with Crippen LogP contribution in [-0.2, 0) is 12.0 Å². The summed E-state index contributed by atoms with van der Waals surface area (Å²) in [5.41, 5.74) is 2.45. The summed E-state index contributed by atoms with van der Waals surface area (Å²) in [6.07, 6.45) is 7.07. The van der Waals surface area contributed by atoms with Gasteiger partial charge in [-0.15, -0.1) is 0 Å². The number of anilines is 1. The lowest BCUT2D eigenvalue weighted by Crippen LogP contribution is -2.52. The number of carbonyl (C=O) groups excluding carboxylic acids is 1. The number of amides is 2. The van der Waals surface area contributed by atoms with E-state index in [9.17, 15) is 13.6 Å². The number of rotatable bonds is 7. The quantitative estimate of drug-likeness (QED) is 0.443. The zero-order valence-corrected chi connectivity index (χ0v) is 21.5. The maximum atomic E-state index is 13.6. The van der Waals surface area contributed by atoms with Crippen LogP contribution < -0.4 is 20.1 Å². The van der Waals surface area contributed by atoms with E-state index < -0.39 is 17.7 Å². The van der Waals surface area contributed by atoms with Crippen LogP contribution in [0.25, 0.3) is 0 Å². The Bertz CT molecular complexity index is 1290. The van der Waals surface area contributed by atoms with Crippen LogP contribution in [0.3, 0.4) is 0 Å². The lowest BCUT2D eigenvalue weighted by Gasteiger charge is -2.45. The molecule has 2 N–H and O–H groups in total. The number of hydrogen-bond donors (Lipinski definition) is 2. The van der Waals surface area contributed by atoms with Gasteiger partial charge in [0.1, 0.15) is 0 Å². The van der Waals surface area contributed by atoms with E-state index in [0.717, 1.165) is 56.5 Å². The highest BCUT2D eigenvalue weighted by molar-refractivity contribution is 5.89.